The SMILES string of the molecule is COC(=O)NC(C(=O)N1[C@@H]2CC[C@@H](C2)[C@H]1c1nc2ccc3cc(-c4ccc(-c5cnc([C@@H]6CCCN6C(=O)OC(C)(C)C)[nH]5)cc4)ccc3c2[nH]1)C(C)C. The summed E-state index contributed by atoms with van der Waals surface area (Å²) < 4.78 is 10.5. The van der Waals surface area contributed by atoms with E-state index in [1.807, 2.05) is 51.8 Å². The molecule has 8 rings (SSSR count). The van der Waals surface area contributed by atoms with Crippen molar-refractivity contribution in [2.24, 2.45) is 11.8 Å². The minimum absolute atomic E-state index is 0.0831. The van der Waals surface area contributed by atoms with Crippen molar-refractivity contribution in [3.8, 4) is 22.4 Å². The Morgan fingerprint density at radius 2 is 1.69 bits per heavy atom. The highest BCUT2D eigenvalue weighted by molar-refractivity contribution is 6.05. The number of piperidine rings is 1. The number of hydrogen-bond acceptors (Lipinski definition) is 7. The molecule has 2 aromatic heterocycles. The van der Waals surface area contributed by atoms with Gasteiger partial charge in [-0.05, 0) is 98.9 Å². The van der Waals surface area contributed by atoms with E-state index in [0.717, 1.165) is 87.9 Å². The summed E-state index contributed by atoms with van der Waals surface area (Å²) in [7, 11) is 1.31. The van der Waals surface area contributed by atoms with Crippen molar-refractivity contribution in [3.05, 3.63) is 72.4 Å². The molecule has 12 nitrogen and oxygen atoms in total. The fourth-order valence-corrected chi connectivity index (χ4v) is 8.75. The van der Waals surface area contributed by atoms with Crippen LogP contribution in [0.2, 0.25) is 0 Å². The second-order valence-corrected chi connectivity index (χ2v) is 16.4. The summed E-state index contributed by atoms with van der Waals surface area (Å²) in [6.07, 6.45) is 5.62. The lowest BCUT2D eigenvalue weighted by Crippen LogP contribution is -2.54. The zero-order chi connectivity index (χ0) is 37.9. The maximum atomic E-state index is 14.0. The summed E-state index contributed by atoms with van der Waals surface area (Å²) in [6.45, 7) is 10.2. The molecule has 54 heavy (non-hydrogen) atoms. The summed E-state index contributed by atoms with van der Waals surface area (Å²) in [5.74, 6) is 1.70. The molecule has 1 unspecified atom stereocenters. The van der Waals surface area contributed by atoms with E-state index in [0.29, 0.717) is 12.5 Å². The third kappa shape index (κ3) is 6.56. The van der Waals surface area contributed by atoms with Gasteiger partial charge in [0.2, 0.25) is 5.91 Å². The number of ether oxygens (including phenoxy) is 2. The quantitative estimate of drug-likeness (QED) is 0.153. The second-order valence-electron chi connectivity index (χ2n) is 16.4. The molecule has 1 aliphatic carbocycles. The van der Waals surface area contributed by atoms with Gasteiger partial charge in [-0.25, -0.2) is 19.6 Å². The number of nitrogens with one attached hydrogen (secondary N) is 3. The van der Waals surface area contributed by atoms with E-state index >= 15 is 0 Å². The summed E-state index contributed by atoms with van der Waals surface area (Å²) in [6, 6.07) is 18.2. The number of hydrogen-bond donors (Lipinski definition) is 3. The van der Waals surface area contributed by atoms with Gasteiger partial charge in [0.25, 0.3) is 0 Å². The first kappa shape index (κ1) is 35.6. The predicted molar refractivity (Wildman–Crippen MR) is 206 cm³/mol. The van der Waals surface area contributed by atoms with Crippen LogP contribution in [0.15, 0.2) is 60.8 Å². The molecule has 2 saturated heterocycles. The average Bonchev–Trinajstić information content (AvgIpc) is 4.00. The van der Waals surface area contributed by atoms with Crippen molar-refractivity contribution in [1.82, 2.24) is 35.1 Å². The molecule has 5 atom stereocenters. The van der Waals surface area contributed by atoms with Crippen LogP contribution in [0, 0.1) is 11.8 Å². The number of alkyl carbamates (subject to hydrolysis) is 1. The minimum atomic E-state index is -0.678. The molecule has 0 radical (unpaired) electrons. The van der Waals surface area contributed by atoms with Crippen LogP contribution in [0.1, 0.15) is 90.5 Å². The molecule has 3 aromatic carbocycles. The van der Waals surface area contributed by atoms with Crippen molar-refractivity contribution in [2.75, 3.05) is 13.7 Å². The summed E-state index contributed by atoms with van der Waals surface area (Å²) in [5, 5.41) is 4.93. The molecule has 3 aliphatic rings. The highest BCUT2D eigenvalue weighted by Gasteiger charge is 2.51. The first-order chi connectivity index (χ1) is 25.9. The highest BCUT2D eigenvalue weighted by atomic mass is 16.6. The van der Waals surface area contributed by atoms with Gasteiger partial charge in [-0.1, -0.05) is 56.3 Å². The molecule has 2 aliphatic heterocycles. The number of methoxy groups -OCH3 is 1. The van der Waals surface area contributed by atoms with Crippen molar-refractivity contribution >= 4 is 39.9 Å². The highest BCUT2D eigenvalue weighted by Crippen LogP contribution is 2.50. The Kier molecular flexibility index (Phi) is 9.10. The number of nitrogens with zero attached hydrogens (tertiary/aromatic N) is 4. The van der Waals surface area contributed by atoms with Crippen molar-refractivity contribution < 1.29 is 23.9 Å². The lowest BCUT2D eigenvalue weighted by Gasteiger charge is -2.37. The van der Waals surface area contributed by atoms with Crippen molar-refractivity contribution in [1.29, 1.82) is 0 Å². The van der Waals surface area contributed by atoms with Crippen LogP contribution in [0.25, 0.3) is 44.2 Å². The first-order valence-electron chi connectivity index (χ1n) is 19.1. The number of likely N-dealkylation sites (tertiary alicyclic amines) is 2. The second kappa shape index (κ2) is 13.8. The Morgan fingerprint density at radius 3 is 2.43 bits per heavy atom. The van der Waals surface area contributed by atoms with Gasteiger partial charge < -0.3 is 29.7 Å². The van der Waals surface area contributed by atoms with Gasteiger partial charge in [0.1, 0.15) is 23.3 Å². The number of imidazole rings is 2. The molecule has 3 N–H and O–H groups in total. The average molecular weight is 732 g/mol. The maximum absolute atomic E-state index is 14.0. The largest absolute Gasteiger partial charge is 0.453 e. The van der Waals surface area contributed by atoms with E-state index in [2.05, 4.69) is 68.8 Å². The summed E-state index contributed by atoms with van der Waals surface area (Å²) >= 11 is 0. The lowest BCUT2D eigenvalue weighted by molar-refractivity contribution is -0.139. The smallest absolute Gasteiger partial charge is 0.410 e. The van der Waals surface area contributed by atoms with Crippen molar-refractivity contribution in [3.63, 3.8) is 0 Å². The fraction of sp³-hybridized carbons (Fsp3) is 0.452. The molecule has 12 heteroatoms. The molecule has 3 fully saturated rings. The Hall–Kier alpha value is -5.39. The van der Waals surface area contributed by atoms with E-state index in [-0.39, 0.29) is 36.0 Å². The molecule has 4 heterocycles. The molecular formula is C42H49N7O5. The predicted octanol–water partition coefficient (Wildman–Crippen LogP) is 8.28. The van der Waals surface area contributed by atoms with Gasteiger partial charge in [-0.3, -0.25) is 9.69 Å². The Morgan fingerprint density at radius 1 is 0.926 bits per heavy atom. The van der Waals surface area contributed by atoms with Gasteiger partial charge in [-0.2, -0.15) is 0 Å². The number of carbonyl (C=O) groups excluding carboxylic acids is 3. The third-order valence-corrected chi connectivity index (χ3v) is 11.3. The van der Waals surface area contributed by atoms with Gasteiger partial charge in [0.15, 0.2) is 0 Å². The van der Waals surface area contributed by atoms with E-state index in [1.165, 1.54) is 7.11 Å². The van der Waals surface area contributed by atoms with Crippen molar-refractivity contribution in [2.45, 2.75) is 96.5 Å². The number of H-pyrrole nitrogens is 2. The number of fused-ring (bicyclic) bond motifs is 5. The lowest BCUT2D eigenvalue weighted by atomic mass is 9.95. The van der Waals surface area contributed by atoms with Crippen LogP contribution in [-0.4, -0.2) is 79.2 Å². The van der Waals surface area contributed by atoms with Crippen LogP contribution in [0.5, 0.6) is 0 Å². The normalized spacial score (nSPS) is 21.7. The zero-order valence-corrected chi connectivity index (χ0v) is 31.8. The standard InChI is InChI=1S/C42H49N7O5/c1-23(2)34(47-40(51)53-6)39(50)49-29-16-13-28(21-29)36(49)38-44-31-18-15-27-20-26(14-17-30(27)35(31)46-38)24-9-11-25(12-10-24)32-22-43-37(45-32)33-8-7-19-48(33)41(52)54-42(3,4)5/h9-12,14-15,17-18,20,22-23,28-29,33-34,36H,7-8,13,16,19,21H2,1-6H3,(H,43,45)(H,44,46)(H,47,51)/t28-,29+,33-,34?,36-/m0/s1. The van der Waals surface area contributed by atoms with Crippen LogP contribution < -0.4 is 5.32 Å². The molecule has 1 saturated carbocycles. The first-order valence-corrected chi connectivity index (χ1v) is 19.1. The van der Waals surface area contributed by atoms with Gasteiger partial charge in [-0.15, -0.1) is 0 Å². The molecule has 2 bridgehead atoms. The monoisotopic (exact) mass is 731 g/mol. The van der Waals surface area contributed by atoms with E-state index in [4.69, 9.17) is 14.5 Å². The summed E-state index contributed by atoms with van der Waals surface area (Å²) in [5.41, 5.74) is 5.37. The number of benzene rings is 3. The van der Waals surface area contributed by atoms with E-state index in [1.54, 1.807) is 4.90 Å². The van der Waals surface area contributed by atoms with E-state index in [9.17, 15) is 14.4 Å². The number of carbonyl (C=O) groups is 3. The van der Waals surface area contributed by atoms with Crippen LogP contribution in [0.4, 0.5) is 9.59 Å². The van der Waals surface area contributed by atoms with Gasteiger partial charge in [0, 0.05) is 18.0 Å². The molecule has 282 valence electrons. The Labute approximate surface area is 315 Å². The zero-order valence-electron chi connectivity index (χ0n) is 31.8. The van der Waals surface area contributed by atoms with Gasteiger partial charge >= 0.3 is 12.2 Å². The number of aromatic nitrogens is 4. The Balaban J connectivity index is 1.02. The fourth-order valence-electron chi connectivity index (χ4n) is 8.75. The molecule has 0 spiro atoms. The minimum Gasteiger partial charge on any atom is -0.453 e. The molecule has 3 amide bonds. The van der Waals surface area contributed by atoms with Crippen LogP contribution in [-0.2, 0) is 14.3 Å². The number of rotatable bonds is 7. The Bertz CT molecular complexity index is 2220. The maximum Gasteiger partial charge on any atom is 0.410 e. The topological polar surface area (TPSA) is 146 Å². The van der Waals surface area contributed by atoms with Crippen LogP contribution >= 0.6 is 0 Å². The van der Waals surface area contributed by atoms with E-state index < -0.39 is 17.7 Å². The summed E-state index contributed by atoms with van der Waals surface area (Å²) in [4.78, 5) is 59.6. The number of aromatic amines is 2. The number of amides is 3. The molecular weight excluding hydrogens is 683 g/mol. The molecule has 5 aromatic rings. The van der Waals surface area contributed by atoms with Crippen LogP contribution in [0.3, 0.4) is 0 Å². The van der Waals surface area contributed by atoms with Gasteiger partial charge in [0.05, 0.1) is 42.1 Å². The third-order valence-electron chi connectivity index (χ3n) is 11.3.